The number of rotatable bonds is 7. The van der Waals surface area contributed by atoms with Crippen molar-refractivity contribution >= 4 is 21.4 Å². The molecule has 0 amide bonds. The zero-order chi connectivity index (χ0) is 17.7. The van der Waals surface area contributed by atoms with E-state index in [0.717, 1.165) is 30.3 Å². The van der Waals surface area contributed by atoms with Gasteiger partial charge in [0, 0.05) is 11.9 Å². The maximum atomic E-state index is 12.9. The van der Waals surface area contributed by atoms with Crippen molar-refractivity contribution in [2.24, 2.45) is 0 Å². The smallest absolute Gasteiger partial charge is 0.216 e. The second kappa shape index (κ2) is 8.35. The Bertz CT molecular complexity index is 784. The summed E-state index contributed by atoms with van der Waals surface area (Å²) < 4.78 is 39.7. The van der Waals surface area contributed by atoms with E-state index in [0.29, 0.717) is 5.56 Å². The van der Waals surface area contributed by atoms with Gasteiger partial charge in [0.1, 0.15) is 10.8 Å². The molecule has 0 spiro atoms. The van der Waals surface area contributed by atoms with Gasteiger partial charge in [-0.1, -0.05) is 18.6 Å². The normalized spacial score (nSPS) is 16.2. The van der Waals surface area contributed by atoms with Gasteiger partial charge < -0.3 is 0 Å². The van der Waals surface area contributed by atoms with Gasteiger partial charge in [0.25, 0.3) is 0 Å². The van der Waals surface area contributed by atoms with Crippen LogP contribution in [0, 0.1) is 5.82 Å². The second-order valence-corrected chi connectivity index (χ2v) is 9.03. The maximum Gasteiger partial charge on any atom is 0.216 e. The van der Waals surface area contributed by atoms with Gasteiger partial charge in [0.2, 0.25) is 10.0 Å². The number of benzene rings is 1. The molecule has 1 aromatic heterocycles. The lowest BCUT2D eigenvalue weighted by Gasteiger charge is -2.25. The van der Waals surface area contributed by atoms with Crippen LogP contribution in [0.3, 0.4) is 0 Å². The van der Waals surface area contributed by atoms with Crippen LogP contribution in [0.15, 0.2) is 29.6 Å². The van der Waals surface area contributed by atoms with Crippen LogP contribution in [0.2, 0.25) is 0 Å². The van der Waals surface area contributed by atoms with Crippen LogP contribution < -0.4 is 4.72 Å². The summed E-state index contributed by atoms with van der Waals surface area (Å²) in [5.74, 6) is -0.544. The molecule has 1 aliphatic rings. The summed E-state index contributed by atoms with van der Waals surface area (Å²) in [6.07, 6.45) is 3.77. The van der Waals surface area contributed by atoms with Gasteiger partial charge in [-0.3, -0.25) is 4.90 Å². The first-order valence-electron chi connectivity index (χ1n) is 8.38. The average Bonchev–Trinajstić information content (AvgIpc) is 3.04. The Balaban J connectivity index is 1.51. The summed E-state index contributed by atoms with van der Waals surface area (Å²) in [7, 11) is -3.48. The van der Waals surface area contributed by atoms with Crippen LogP contribution in [-0.4, -0.2) is 31.4 Å². The molecule has 0 saturated carbocycles. The van der Waals surface area contributed by atoms with Crippen LogP contribution in [0.1, 0.15) is 35.5 Å². The van der Waals surface area contributed by atoms with E-state index in [1.807, 2.05) is 5.38 Å². The predicted molar refractivity (Wildman–Crippen MR) is 97.1 cm³/mol. The number of hydrogen-bond donors (Lipinski definition) is 1. The van der Waals surface area contributed by atoms with Crippen LogP contribution in [-0.2, 0) is 28.9 Å². The highest BCUT2D eigenvalue weighted by Gasteiger charge is 2.15. The van der Waals surface area contributed by atoms with Crippen LogP contribution >= 0.6 is 11.3 Å². The summed E-state index contributed by atoms with van der Waals surface area (Å²) in [6.45, 7) is 3.24. The first-order valence-corrected chi connectivity index (χ1v) is 10.9. The summed E-state index contributed by atoms with van der Waals surface area (Å²) in [6, 6.07) is 5.49. The first-order chi connectivity index (χ1) is 12.0. The molecule has 0 aliphatic carbocycles. The molecule has 0 radical (unpaired) electrons. The van der Waals surface area contributed by atoms with Crippen molar-refractivity contribution in [1.29, 1.82) is 0 Å². The number of nitrogens with zero attached hydrogens (tertiary/aromatic N) is 2. The van der Waals surface area contributed by atoms with Crippen molar-refractivity contribution < 1.29 is 12.8 Å². The highest BCUT2D eigenvalue weighted by molar-refractivity contribution is 7.88. The minimum absolute atomic E-state index is 0.167. The number of sulfonamides is 1. The number of halogens is 1. The molecule has 8 heteroatoms. The third kappa shape index (κ3) is 5.85. The molecule has 3 rings (SSSR count). The van der Waals surface area contributed by atoms with E-state index in [-0.39, 0.29) is 18.1 Å². The van der Waals surface area contributed by atoms with Crippen LogP contribution in [0.4, 0.5) is 4.39 Å². The lowest BCUT2D eigenvalue weighted by molar-refractivity contribution is 0.219. The SMILES string of the molecule is O=S(=O)(Cc1ccc(F)cc1)NCc1nc(CN2CCCCC2)cs1. The minimum Gasteiger partial charge on any atom is -0.297 e. The predicted octanol–water partition coefficient (Wildman–Crippen LogP) is 2.89. The summed E-state index contributed by atoms with van der Waals surface area (Å²) in [5.41, 5.74) is 1.55. The fraction of sp³-hybridized carbons (Fsp3) is 0.471. The molecule has 5 nitrogen and oxygen atoms in total. The van der Waals surface area contributed by atoms with Crippen LogP contribution in [0.25, 0.3) is 0 Å². The van der Waals surface area contributed by atoms with Crippen molar-refractivity contribution in [3.63, 3.8) is 0 Å². The molecule has 2 aromatic rings. The molecule has 1 aromatic carbocycles. The standard InChI is InChI=1S/C17H22FN3O2S2/c18-15-6-4-14(5-7-15)13-25(22,23)19-10-17-20-16(12-24-17)11-21-8-2-1-3-9-21/h4-7,12,19H,1-3,8-11,13H2. The third-order valence-electron chi connectivity index (χ3n) is 4.15. The fourth-order valence-electron chi connectivity index (χ4n) is 2.87. The maximum absolute atomic E-state index is 12.9. The van der Waals surface area contributed by atoms with Crippen molar-refractivity contribution in [2.75, 3.05) is 13.1 Å². The van der Waals surface area contributed by atoms with Gasteiger partial charge in [-0.05, 0) is 43.6 Å². The number of thiazole rings is 1. The van der Waals surface area contributed by atoms with Gasteiger partial charge in [-0.2, -0.15) is 0 Å². The molecule has 1 fully saturated rings. The topological polar surface area (TPSA) is 62.3 Å². The van der Waals surface area contributed by atoms with Gasteiger partial charge >= 0.3 is 0 Å². The molecule has 25 heavy (non-hydrogen) atoms. The van der Waals surface area contributed by atoms with E-state index >= 15 is 0 Å². The third-order valence-corrected chi connectivity index (χ3v) is 6.34. The van der Waals surface area contributed by atoms with Crippen molar-refractivity contribution in [3.8, 4) is 0 Å². The van der Waals surface area contributed by atoms with E-state index < -0.39 is 10.0 Å². The van der Waals surface area contributed by atoms with Crippen molar-refractivity contribution in [3.05, 3.63) is 51.7 Å². The van der Waals surface area contributed by atoms with E-state index in [9.17, 15) is 12.8 Å². The van der Waals surface area contributed by atoms with Crippen molar-refractivity contribution in [2.45, 2.75) is 38.1 Å². The van der Waals surface area contributed by atoms with Gasteiger partial charge in [-0.15, -0.1) is 11.3 Å². The van der Waals surface area contributed by atoms with Gasteiger partial charge in [0.05, 0.1) is 18.0 Å². The number of aromatic nitrogens is 1. The number of hydrogen-bond acceptors (Lipinski definition) is 5. The summed E-state index contributed by atoms with van der Waals surface area (Å²) in [5, 5.41) is 2.76. The zero-order valence-electron chi connectivity index (χ0n) is 13.9. The quantitative estimate of drug-likeness (QED) is 0.799. The largest absolute Gasteiger partial charge is 0.297 e. The first kappa shape index (κ1) is 18.4. The molecule has 0 atom stereocenters. The number of piperidine rings is 1. The van der Waals surface area contributed by atoms with E-state index in [4.69, 9.17) is 0 Å². The summed E-state index contributed by atoms with van der Waals surface area (Å²) >= 11 is 1.47. The molecule has 1 N–H and O–H groups in total. The highest BCUT2D eigenvalue weighted by Crippen LogP contribution is 2.16. The van der Waals surface area contributed by atoms with Gasteiger partial charge in [0.15, 0.2) is 0 Å². The molecular formula is C17H22FN3O2S2. The molecule has 2 heterocycles. The number of nitrogens with one attached hydrogen (secondary N) is 1. The fourth-order valence-corrected chi connectivity index (χ4v) is 4.78. The molecule has 0 unspecified atom stereocenters. The Morgan fingerprint density at radius 1 is 1.16 bits per heavy atom. The zero-order valence-corrected chi connectivity index (χ0v) is 15.6. The van der Waals surface area contributed by atoms with E-state index in [2.05, 4.69) is 14.6 Å². The minimum atomic E-state index is -3.48. The molecule has 1 saturated heterocycles. The summed E-state index contributed by atoms with van der Waals surface area (Å²) in [4.78, 5) is 6.92. The molecule has 0 bridgehead atoms. The highest BCUT2D eigenvalue weighted by atomic mass is 32.2. The Kier molecular flexibility index (Phi) is 6.16. The van der Waals surface area contributed by atoms with Gasteiger partial charge in [-0.25, -0.2) is 22.5 Å². The lowest BCUT2D eigenvalue weighted by atomic mass is 10.1. The van der Waals surface area contributed by atoms with E-state index in [1.165, 1.54) is 54.9 Å². The molecule has 136 valence electrons. The average molecular weight is 384 g/mol. The van der Waals surface area contributed by atoms with Crippen LogP contribution in [0.5, 0.6) is 0 Å². The Hall–Kier alpha value is -1.35. The monoisotopic (exact) mass is 383 g/mol. The Morgan fingerprint density at radius 2 is 1.88 bits per heavy atom. The van der Waals surface area contributed by atoms with Crippen molar-refractivity contribution in [1.82, 2.24) is 14.6 Å². The number of likely N-dealkylation sites (tertiary alicyclic amines) is 1. The lowest BCUT2D eigenvalue weighted by Crippen LogP contribution is -2.29. The van der Waals surface area contributed by atoms with E-state index in [1.54, 1.807) is 0 Å². The molecular weight excluding hydrogens is 361 g/mol. The Labute approximate surface area is 151 Å². The second-order valence-electron chi connectivity index (χ2n) is 6.28. The molecule has 1 aliphatic heterocycles. The Morgan fingerprint density at radius 3 is 2.60 bits per heavy atom.